The molecule has 2 heterocycles. The fourth-order valence-corrected chi connectivity index (χ4v) is 4.83. The van der Waals surface area contributed by atoms with E-state index >= 15 is 0 Å². The zero-order chi connectivity index (χ0) is 22.4. The van der Waals surface area contributed by atoms with Crippen LogP contribution in [-0.4, -0.2) is 24.9 Å². The van der Waals surface area contributed by atoms with E-state index in [1.807, 2.05) is 53.5 Å². The molecule has 164 valence electrons. The van der Waals surface area contributed by atoms with E-state index in [2.05, 4.69) is 0 Å². The second kappa shape index (κ2) is 8.39. The number of nitrogens with zero attached hydrogens (tertiary/aromatic N) is 2. The molecular formula is C24H19Cl3N2O3. The Balaban J connectivity index is 1.61. The van der Waals surface area contributed by atoms with Gasteiger partial charge in [-0.3, -0.25) is 0 Å². The first-order valence-electron chi connectivity index (χ1n) is 9.97. The second-order valence-electron chi connectivity index (χ2n) is 7.54. The molecular weight excluding hydrogens is 471 g/mol. The van der Waals surface area contributed by atoms with Gasteiger partial charge in [-0.1, -0.05) is 46.9 Å². The molecule has 2 atom stereocenters. The lowest BCUT2D eigenvalue weighted by Crippen LogP contribution is -2.33. The minimum Gasteiger partial charge on any atom is -0.493 e. The maximum absolute atomic E-state index is 6.53. The predicted molar refractivity (Wildman–Crippen MR) is 127 cm³/mol. The Morgan fingerprint density at radius 2 is 1.66 bits per heavy atom. The molecule has 0 aromatic heterocycles. The second-order valence-corrected chi connectivity index (χ2v) is 8.82. The van der Waals surface area contributed by atoms with Gasteiger partial charge >= 0.3 is 0 Å². The van der Waals surface area contributed by atoms with Crippen molar-refractivity contribution in [2.24, 2.45) is 5.10 Å². The molecule has 3 aromatic rings. The number of benzene rings is 3. The third kappa shape index (κ3) is 3.64. The highest BCUT2D eigenvalue weighted by Crippen LogP contribution is 2.51. The summed E-state index contributed by atoms with van der Waals surface area (Å²) in [7, 11) is 3.23. The summed E-state index contributed by atoms with van der Waals surface area (Å²) >= 11 is 19.0. The van der Waals surface area contributed by atoms with Gasteiger partial charge in [0, 0.05) is 33.2 Å². The van der Waals surface area contributed by atoms with Gasteiger partial charge in [0.2, 0.25) is 6.23 Å². The van der Waals surface area contributed by atoms with E-state index in [0.717, 1.165) is 22.4 Å². The van der Waals surface area contributed by atoms with Crippen molar-refractivity contribution in [1.82, 2.24) is 5.01 Å². The summed E-state index contributed by atoms with van der Waals surface area (Å²) in [6.07, 6.45) is 0.202. The first-order chi connectivity index (χ1) is 15.5. The van der Waals surface area contributed by atoms with E-state index < -0.39 is 6.23 Å². The minimum atomic E-state index is -0.457. The van der Waals surface area contributed by atoms with E-state index in [4.69, 9.17) is 54.1 Å². The standard InChI is InChI=1S/C24H19Cl3N2O3/c1-30-21-8-5-14(9-22(21)31-2)19-12-20-17-10-16(26)11-18(27)23(17)32-24(29(20)28-19)13-3-6-15(25)7-4-13/h3-11,20,24H,12H2,1-2H3/t20-,24+/m1/s1. The SMILES string of the molecule is COc1ccc(C2=NN3[C@H](C2)c2cc(Cl)cc(Cl)c2O[C@H]3c2ccc(Cl)cc2)cc1OC. The smallest absolute Gasteiger partial charge is 0.213 e. The van der Waals surface area contributed by atoms with E-state index in [1.54, 1.807) is 20.3 Å². The van der Waals surface area contributed by atoms with E-state index in [-0.39, 0.29) is 6.04 Å². The van der Waals surface area contributed by atoms with Crippen LogP contribution in [0.3, 0.4) is 0 Å². The fraction of sp³-hybridized carbons (Fsp3) is 0.208. The maximum Gasteiger partial charge on any atom is 0.213 e. The number of hydrogen-bond donors (Lipinski definition) is 0. The fourth-order valence-electron chi connectivity index (χ4n) is 4.15. The lowest BCUT2D eigenvalue weighted by molar-refractivity contribution is -0.0189. The predicted octanol–water partition coefficient (Wildman–Crippen LogP) is 6.91. The Labute approximate surface area is 201 Å². The Hall–Kier alpha value is -2.60. The molecule has 0 amide bonds. The highest BCUT2D eigenvalue weighted by Gasteiger charge is 2.42. The van der Waals surface area contributed by atoms with Crippen molar-refractivity contribution in [1.29, 1.82) is 0 Å². The maximum atomic E-state index is 6.53. The van der Waals surface area contributed by atoms with Gasteiger partial charge in [-0.2, -0.15) is 5.10 Å². The largest absolute Gasteiger partial charge is 0.493 e. The van der Waals surface area contributed by atoms with Gasteiger partial charge in [0.25, 0.3) is 0 Å². The van der Waals surface area contributed by atoms with E-state index in [1.165, 1.54) is 0 Å². The van der Waals surface area contributed by atoms with Crippen molar-refractivity contribution < 1.29 is 14.2 Å². The van der Waals surface area contributed by atoms with Crippen molar-refractivity contribution in [3.05, 3.63) is 86.4 Å². The van der Waals surface area contributed by atoms with Crippen LogP contribution in [0.4, 0.5) is 0 Å². The van der Waals surface area contributed by atoms with Crippen molar-refractivity contribution >= 4 is 40.5 Å². The first kappa shape index (κ1) is 21.3. The summed E-state index contributed by atoms with van der Waals surface area (Å²) < 4.78 is 17.2. The summed E-state index contributed by atoms with van der Waals surface area (Å²) in [5.74, 6) is 1.94. The number of hydrazone groups is 1. The summed E-state index contributed by atoms with van der Waals surface area (Å²) in [6.45, 7) is 0. The van der Waals surface area contributed by atoms with Gasteiger partial charge in [0.1, 0.15) is 5.75 Å². The van der Waals surface area contributed by atoms with Crippen molar-refractivity contribution in [3.63, 3.8) is 0 Å². The summed E-state index contributed by atoms with van der Waals surface area (Å²) in [4.78, 5) is 0. The van der Waals surface area contributed by atoms with Gasteiger partial charge in [-0.25, -0.2) is 5.01 Å². The molecule has 0 radical (unpaired) electrons. The molecule has 0 N–H and O–H groups in total. The zero-order valence-corrected chi connectivity index (χ0v) is 19.6. The summed E-state index contributed by atoms with van der Waals surface area (Å²) in [5.41, 5.74) is 3.68. The lowest BCUT2D eigenvalue weighted by atomic mass is 9.95. The lowest BCUT2D eigenvalue weighted by Gasteiger charge is -2.38. The van der Waals surface area contributed by atoms with Gasteiger partial charge in [-0.15, -0.1) is 0 Å². The molecule has 5 rings (SSSR count). The van der Waals surface area contributed by atoms with Crippen LogP contribution >= 0.6 is 34.8 Å². The third-order valence-corrected chi connectivity index (χ3v) is 6.43. The Morgan fingerprint density at radius 3 is 2.38 bits per heavy atom. The van der Waals surface area contributed by atoms with Crippen LogP contribution in [0.15, 0.2) is 59.7 Å². The Kier molecular flexibility index (Phi) is 5.58. The normalized spacial score (nSPS) is 19.0. The number of fused-ring (bicyclic) bond motifs is 3. The molecule has 3 aromatic carbocycles. The molecule has 32 heavy (non-hydrogen) atoms. The van der Waals surface area contributed by atoms with Gasteiger partial charge in [-0.05, 0) is 42.5 Å². The van der Waals surface area contributed by atoms with Crippen LogP contribution < -0.4 is 14.2 Å². The zero-order valence-electron chi connectivity index (χ0n) is 17.3. The minimum absolute atomic E-state index is 0.0845. The van der Waals surface area contributed by atoms with E-state index in [9.17, 15) is 0 Å². The number of ether oxygens (including phenoxy) is 3. The van der Waals surface area contributed by atoms with Crippen molar-refractivity contribution in [3.8, 4) is 17.2 Å². The average molecular weight is 490 g/mol. The molecule has 5 nitrogen and oxygen atoms in total. The number of halogens is 3. The average Bonchev–Trinajstić information content (AvgIpc) is 3.25. The molecule has 8 heteroatoms. The van der Waals surface area contributed by atoms with Crippen LogP contribution in [0.25, 0.3) is 0 Å². The van der Waals surface area contributed by atoms with Gasteiger partial charge in [0.15, 0.2) is 11.5 Å². The molecule has 0 spiro atoms. The molecule has 0 saturated carbocycles. The van der Waals surface area contributed by atoms with Crippen molar-refractivity contribution in [2.75, 3.05) is 14.2 Å². The first-order valence-corrected chi connectivity index (χ1v) is 11.1. The molecule has 0 fully saturated rings. The topological polar surface area (TPSA) is 43.3 Å². The highest BCUT2D eigenvalue weighted by atomic mass is 35.5. The van der Waals surface area contributed by atoms with Gasteiger partial charge in [0.05, 0.1) is 31.0 Å². The summed E-state index contributed by atoms with van der Waals surface area (Å²) in [6, 6.07) is 16.8. The Morgan fingerprint density at radius 1 is 0.906 bits per heavy atom. The van der Waals surface area contributed by atoms with Gasteiger partial charge < -0.3 is 14.2 Å². The molecule has 0 aliphatic carbocycles. The molecule has 2 aliphatic heterocycles. The van der Waals surface area contributed by atoms with Crippen LogP contribution in [0.1, 0.15) is 35.4 Å². The van der Waals surface area contributed by atoms with Crippen LogP contribution in [-0.2, 0) is 0 Å². The summed E-state index contributed by atoms with van der Waals surface area (Å²) in [5, 5.41) is 8.61. The highest BCUT2D eigenvalue weighted by molar-refractivity contribution is 6.35. The number of hydrogen-bond acceptors (Lipinski definition) is 5. The van der Waals surface area contributed by atoms with Crippen LogP contribution in [0, 0.1) is 0 Å². The van der Waals surface area contributed by atoms with Crippen molar-refractivity contribution in [2.45, 2.75) is 18.7 Å². The van der Waals surface area contributed by atoms with E-state index in [0.29, 0.717) is 38.7 Å². The molecule has 0 bridgehead atoms. The number of rotatable bonds is 4. The number of methoxy groups -OCH3 is 2. The molecule has 0 saturated heterocycles. The quantitative estimate of drug-likeness (QED) is 0.399. The monoisotopic (exact) mass is 488 g/mol. The molecule has 2 aliphatic rings. The van der Waals surface area contributed by atoms with Crippen LogP contribution in [0.5, 0.6) is 17.2 Å². The van der Waals surface area contributed by atoms with Crippen LogP contribution in [0.2, 0.25) is 15.1 Å². The molecule has 0 unspecified atom stereocenters. The third-order valence-electron chi connectivity index (χ3n) is 5.68. The Bertz CT molecular complexity index is 1210.